The van der Waals surface area contributed by atoms with Crippen molar-refractivity contribution < 1.29 is 14.7 Å². The third kappa shape index (κ3) is 1.72. The topological polar surface area (TPSA) is 73.4 Å². The van der Waals surface area contributed by atoms with Crippen molar-refractivity contribution in [3.63, 3.8) is 0 Å². The predicted octanol–water partition coefficient (Wildman–Crippen LogP) is 0.704. The molecule has 1 aliphatic rings. The summed E-state index contributed by atoms with van der Waals surface area (Å²) in [6.07, 6.45) is 4.54. The summed E-state index contributed by atoms with van der Waals surface area (Å²) in [6.45, 7) is 0.529. The first-order chi connectivity index (χ1) is 7.20. The summed E-state index contributed by atoms with van der Waals surface area (Å²) in [6, 6.07) is 0.993. The highest BCUT2D eigenvalue weighted by Crippen LogP contribution is 2.19. The van der Waals surface area contributed by atoms with Crippen molar-refractivity contribution in [3.8, 4) is 0 Å². The van der Waals surface area contributed by atoms with Crippen LogP contribution in [0.25, 0.3) is 0 Å². The van der Waals surface area contributed by atoms with Gasteiger partial charge in [-0.05, 0) is 18.9 Å². The molecule has 2 rings (SSSR count). The van der Waals surface area contributed by atoms with E-state index in [1.165, 1.54) is 4.90 Å². The summed E-state index contributed by atoms with van der Waals surface area (Å²) in [5, 5.41) is 8.93. The minimum atomic E-state index is -0.920. The van der Waals surface area contributed by atoms with Crippen LogP contribution in [0, 0.1) is 0 Å². The fourth-order valence-electron chi connectivity index (χ4n) is 1.89. The van der Waals surface area contributed by atoms with Gasteiger partial charge in [0.2, 0.25) is 0 Å². The minimum Gasteiger partial charge on any atom is -0.480 e. The molecular weight excluding hydrogens is 196 g/mol. The normalized spacial score (nSPS) is 20.5. The van der Waals surface area contributed by atoms with Crippen LogP contribution in [0.4, 0.5) is 0 Å². The lowest BCUT2D eigenvalue weighted by Gasteiger charge is -2.20. The van der Waals surface area contributed by atoms with Gasteiger partial charge in [0, 0.05) is 18.9 Å². The van der Waals surface area contributed by atoms with E-state index in [-0.39, 0.29) is 5.91 Å². The molecule has 0 aliphatic carbocycles. The minimum absolute atomic E-state index is 0.207. The maximum atomic E-state index is 11.9. The van der Waals surface area contributed by atoms with E-state index >= 15 is 0 Å². The number of likely N-dealkylation sites (tertiary alicyclic amines) is 1. The summed E-state index contributed by atoms with van der Waals surface area (Å²) in [7, 11) is 0. The number of H-pyrrole nitrogens is 1. The molecule has 1 atom stereocenters. The fraction of sp³-hybridized carbons (Fsp3) is 0.400. The molecule has 1 aromatic rings. The van der Waals surface area contributed by atoms with Crippen molar-refractivity contribution in [2.75, 3.05) is 6.54 Å². The van der Waals surface area contributed by atoms with E-state index in [0.717, 1.165) is 6.42 Å². The van der Waals surface area contributed by atoms with E-state index in [1.54, 1.807) is 18.5 Å². The SMILES string of the molecule is O=C(O)C1CCCN1C(=O)c1cc[nH]c1. The Bertz CT molecular complexity index is 372. The fourth-order valence-corrected chi connectivity index (χ4v) is 1.89. The number of carboxylic acids is 1. The molecule has 5 heteroatoms. The van der Waals surface area contributed by atoms with Gasteiger partial charge in [0.1, 0.15) is 6.04 Å². The molecule has 0 radical (unpaired) electrons. The van der Waals surface area contributed by atoms with Crippen LogP contribution in [0.1, 0.15) is 23.2 Å². The summed E-state index contributed by atoms with van der Waals surface area (Å²) < 4.78 is 0. The van der Waals surface area contributed by atoms with Gasteiger partial charge < -0.3 is 15.0 Å². The van der Waals surface area contributed by atoms with Crippen molar-refractivity contribution in [1.29, 1.82) is 0 Å². The summed E-state index contributed by atoms with van der Waals surface area (Å²) >= 11 is 0. The molecule has 0 spiro atoms. The van der Waals surface area contributed by atoms with Gasteiger partial charge in [-0.3, -0.25) is 4.79 Å². The molecule has 1 amide bonds. The Morgan fingerprint density at radius 2 is 2.33 bits per heavy atom. The Kier molecular flexibility index (Phi) is 2.45. The standard InChI is InChI=1S/C10H12N2O3/c13-9(7-3-4-11-6-7)12-5-1-2-8(12)10(14)15/h3-4,6,8,11H,1-2,5H2,(H,14,15). The second-order valence-corrected chi connectivity index (χ2v) is 3.59. The zero-order valence-electron chi connectivity index (χ0n) is 8.14. The van der Waals surface area contributed by atoms with E-state index in [2.05, 4.69) is 4.98 Å². The van der Waals surface area contributed by atoms with E-state index < -0.39 is 12.0 Å². The van der Waals surface area contributed by atoms with Crippen molar-refractivity contribution in [3.05, 3.63) is 24.0 Å². The molecule has 5 nitrogen and oxygen atoms in total. The number of aromatic amines is 1. The van der Waals surface area contributed by atoms with E-state index in [1.807, 2.05) is 0 Å². The average molecular weight is 208 g/mol. The van der Waals surface area contributed by atoms with Crippen LogP contribution in [0.5, 0.6) is 0 Å². The first-order valence-electron chi connectivity index (χ1n) is 4.86. The molecule has 80 valence electrons. The molecule has 1 aliphatic heterocycles. The Morgan fingerprint density at radius 1 is 1.53 bits per heavy atom. The lowest BCUT2D eigenvalue weighted by Crippen LogP contribution is -2.40. The van der Waals surface area contributed by atoms with Crippen LogP contribution in [-0.4, -0.2) is 39.5 Å². The Labute approximate surface area is 86.7 Å². The molecule has 1 saturated heterocycles. The highest BCUT2D eigenvalue weighted by molar-refractivity contribution is 5.96. The number of hydrogen-bond donors (Lipinski definition) is 2. The zero-order valence-corrected chi connectivity index (χ0v) is 8.14. The maximum Gasteiger partial charge on any atom is 0.326 e. The number of amides is 1. The van der Waals surface area contributed by atoms with Crippen molar-refractivity contribution >= 4 is 11.9 Å². The molecule has 0 aromatic carbocycles. The summed E-state index contributed by atoms with van der Waals surface area (Å²) in [5.74, 6) is -1.13. The second kappa shape index (κ2) is 3.76. The van der Waals surface area contributed by atoms with E-state index in [9.17, 15) is 9.59 Å². The van der Waals surface area contributed by atoms with Crippen molar-refractivity contribution in [2.45, 2.75) is 18.9 Å². The molecule has 0 bridgehead atoms. The third-order valence-corrected chi connectivity index (χ3v) is 2.64. The molecule has 1 unspecified atom stereocenters. The van der Waals surface area contributed by atoms with E-state index in [4.69, 9.17) is 5.11 Å². The third-order valence-electron chi connectivity index (χ3n) is 2.64. The largest absolute Gasteiger partial charge is 0.480 e. The molecule has 2 heterocycles. The van der Waals surface area contributed by atoms with Crippen LogP contribution >= 0.6 is 0 Å². The first-order valence-corrected chi connectivity index (χ1v) is 4.86. The van der Waals surface area contributed by atoms with Gasteiger partial charge in [-0.25, -0.2) is 4.79 Å². The Balaban J connectivity index is 2.17. The molecule has 0 saturated carbocycles. The number of carboxylic acid groups (broad SMARTS) is 1. The number of carbonyl (C=O) groups is 2. The number of nitrogens with zero attached hydrogens (tertiary/aromatic N) is 1. The lowest BCUT2D eigenvalue weighted by atomic mass is 10.2. The van der Waals surface area contributed by atoms with Gasteiger partial charge >= 0.3 is 5.97 Å². The average Bonchev–Trinajstić information content (AvgIpc) is 2.88. The van der Waals surface area contributed by atoms with Gasteiger partial charge in [0.15, 0.2) is 0 Å². The van der Waals surface area contributed by atoms with Crippen LogP contribution in [-0.2, 0) is 4.79 Å². The zero-order chi connectivity index (χ0) is 10.8. The van der Waals surface area contributed by atoms with Gasteiger partial charge in [-0.2, -0.15) is 0 Å². The summed E-state index contributed by atoms with van der Waals surface area (Å²) in [4.78, 5) is 27.0. The van der Waals surface area contributed by atoms with Crippen LogP contribution < -0.4 is 0 Å². The van der Waals surface area contributed by atoms with Gasteiger partial charge in [0.25, 0.3) is 5.91 Å². The number of aromatic nitrogens is 1. The van der Waals surface area contributed by atoms with Crippen LogP contribution in [0.3, 0.4) is 0 Å². The molecule has 15 heavy (non-hydrogen) atoms. The highest BCUT2D eigenvalue weighted by Gasteiger charge is 2.34. The van der Waals surface area contributed by atoms with Gasteiger partial charge in [0.05, 0.1) is 5.56 Å². The molecular formula is C10H12N2O3. The van der Waals surface area contributed by atoms with Gasteiger partial charge in [-0.15, -0.1) is 0 Å². The lowest BCUT2D eigenvalue weighted by molar-refractivity contribution is -0.141. The quantitative estimate of drug-likeness (QED) is 0.751. The number of aliphatic carboxylic acids is 1. The number of nitrogens with one attached hydrogen (secondary N) is 1. The Morgan fingerprint density at radius 3 is 2.93 bits per heavy atom. The first kappa shape index (κ1) is 9.76. The van der Waals surface area contributed by atoms with Crippen molar-refractivity contribution in [2.24, 2.45) is 0 Å². The van der Waals surface area contributed by atoms with Crippen LogP contribution in [0.15, 0.2) is 18.5 Å². The number of carbonyl (C=O) groups excluding carboxylic acids is 1. The molecule has 1 aromatic heterocycles. The monoisotopic (exact) mass is 208 g/mol. The number of hydrogen-bond acceptors (Lipinski definition) is 2. The smallest absolute Gasteiger partial charge is 0.326 e. The molecule has 2 N–H and O–H groups in total. The maximum absolute atomic E-state index is 11.9. The summed E-state index contributed by atoms with van der Waals surface area (Å²) in [5.41, 5.74) is 0.517. The number of rotatable bonds is 2. The Hall–Kier alpha value is -1.78. The van der Waals surface area contributed by atoms with Crippen LogP contribution in [0.2, 0.25) is 0 Å². The highest BCUT2D eigenvalue weighted by atomic mass is 16.4. The molecule has 1 fully saturated rings. The van der Waals surface area contributed by atoms with Gasteiger partial charge in [-0.1, -0.05) is 0 Å². The predicted molar refractivity (Wildman–Crippen MR) is 52.5 cm³/mol. The van der Waals surface area contributed by atoms with E-state index in [0.29, 0.717) is 18.5 Å². The second-order valence-electron chi connectivity index (χ2n) is 3.59. The van der Waals surface area contributed by atoms with Crippen molar-refractivity contribution in [1.82, 2.24) is 9.88 Å².